The molecule has 0 aromatic heterocycles. The van der Waals surface area contributed by atoms with Crippen LogP contribution in [0, 0.1) is 5.92 Å². The molecule has 1 aliphatic heterocycles. The Bertz CT molecular complexity index is 446. The van der Waals surface area contributed by atoms with Crippen molar-refractivity contribution in [3.8, 4) is 0 Å². The van der Waals surface area contributed by atoms with Gasteiger partial charge < -0.3 is 15.5 Å². The first kappa shape index (κ1) is 12.7. The normalized spacial score (nSPS) is 24.7. The molecule has 5 nitrogen and oxygen atoms in total. The molecule has 1 fully saturated rings. The molecule has 0 radical (unpaired) electrons. The van der Waals surface area contributed by atoms with Gasteiger partial charge in [0.1, 0.15) is 12.1 Å². The smallest absolute Gasteiger partial charge is 0.320 e. The molecule has 0 saturated carbocycles. The minimum absolute atomic E-state index is 0.234. The standard InChI is InChI=1S/C13H15NO4/c15-11(8-4-2-1-3-5-8)12(16)9-6-10(13(17)18)14-7-9/h1-5,9-11,14-15H,6-7H2,(H,17,18)/t9?,10?,11-/m1/s1. The zero-order valence-electron chi connectivity index (χ0n) is 9.74. The zero-order chi connectivity index (χ0) is 13.1. The summed E-state index contributed by atoms with van der Waals surface area (Å²) in [6.07, 6.45) is -0.941. The Hall–Kier alpha value is -1.72. The maximum atomic E-state index is 12.0. The minimum atomic E-state index is -1.18. The van der Waals surface area contributed by atoms with Crippen LogP contribution in [-0.4, -0.2) is 34.6 Å². The van der Waals surface area contributed by atoms with Gasteiger partial charge in [-0.2, -0.15) is 0 Å². The summed E-state index contributed by atoms with van der Waals surface area (Å²) in [7, 11) is 0. The van der Waals surface area contributed by atoms with Crippen LogP contribution in [0.3, 0.4) is 0 Å². The molecule has 96 valence electrons. The number of nitrogens with one attached hydrogen (secondary N) is 1. The molecule has 3 N–H and O–H groups in total. The fraction of sp³-hybridized carbons (Fsp3) is 0.385. The number of aliphatic hydroxyl groups excluding tert-OH is 1. The van der Waals surface area contributed by atoms with E-state index in [-0.39, 0.29) is 12.2 Å². The average molecular weight is 249 g/mol. The maximum absolute atomic E-state index is 12.0. The van der Waals surface area contributed by atoms with E-state index in [1.54, 1.807) is 30.3 Å². The Morgan fingerprint density at radius 1 is 1.28 bits per heavy atom. The summed E-state index contributed by atoms with van der Waals surface area (Å²) >= 11 is 0. The lowest BCUT2D eigenvalue weighted by molar-refractivity contribution is -0.139. The highest BCUT2D eigenvalue weighted by Gasteiger charge is 2.36. The lowest BCUT2D eigenvalue weighted by Gasteiger charge is -2.14. The molecular formula is C13H15NO4. The molecule has 2 rings (SSSR count). The van der Waals surface area contributed by atoms with Gasteiger partial charge in [0.25, 0.3) is 0 Å². The van der Waals surface area contributed by atoms with Crippen molar-refractivity contribution in [3.05, 3.63) is 35.9 Å². The van der Waals surface area contributed by atoms with Gasteiger partial charge in [-0.05, 0) is 12.0 Å². The van der Waals surface area contributed by atoms with Crippen LogP contribution >= 0.6 is 0 Å². The van der Waals surface area contributed by atoms with Gasteiger partial charge in [0.15, 0.2) is 5.78 Å². The summed E-state index contributed by atoms with van der Waals surface area (Å²) < 4.78 is 0. The number of carbonyl (C=O) groups excluding carboxylic acids is 1. The van der Waals surface area contributed by atoms with E-state index in [2.05, 4.69) is 5.32 Å². The molecule has 3 atom stereocenters. The zero-order valence-corrected chi connectivity index (χ0v) is 9.74. The molecule has 2 unspecified atom stereocenters. The van der Waals surface area contributed by atoms with Gasteiger partial charge in [-0.1, -0.05) is 30.3 Å². The van der Waals surface area contributed by atoms with Crippen molar-refractivity contribution >= 4 is 11.8 Å². The number of aliphatic carboxylic acids is 1. The molecule has 0 aliphatic carbocycles. The molecule has 1 heterocycles. The fourth-order valence-electron chi connectivity index (χ4n) is 2.16. The molecule has 1 aromatic rings. The van der Waals surface area contributed by atoms with Crippen LogP contribution in [0.5, 0.6) is 0 Å². The second-order valence-electron chi connectivity index (χ2n) is 4.45. The molecule has 18 heavy (non-hydrogen) atoms. The number of hydrogen-bond acceptors (Lipinski definition) is 4. The first-order chi connectivity index (χ1) is 8.59. The number of ketones is 1. The summed E-state index contributed by atoms with van der Waals surface area (Å²) in [5.41, 5.74) is 0.543. The van der Waals surface area contributed by atoms with Gasteiger partial charge in [0, 0.05) is 12.5 Å². The number of benzene rings is 1. The molecule has 1 saturated heterocycles. The highest BCUT2D eigenvalue weighted by atomic mass is 16.4. The lowest BCUT2D eigenvalue weighted by atomic mass is 9.93. The first-order valence-corrected chi connectivity index (χ1v) is 5.82. The van der Waals surface area contributed by atoms with E-state index in [9.17, 15) is 14.7 Å². The van der Waals surface area contributed by atoms with Crippen molar-refractivity contribution < 1.29 is 19.8 Å². The Balaban J connectivity index is 2.02. The summed E-state index contributed by atoms with van der Waals surface area (Å²) in [4.78, 5) is 22.8. The predicted octanol–water partition coefficient (Wildman–Crippen LogP) is 0.352. The van der Waals surface area contributed by atoms with Gasteiger partial charge in [0.05, 0.1) is 0 Å². The highest BCUT2D eigenvalue weighted by Crippen LogP contribution is 2.23. The Morgan fingerprint density at radius 3 is 2.50 bits per heavy atom. The maximum Gasteiger partial charge on any atom is 0.320 e. The van der Waals surface area contributed by atoms with E-state index in [4.69, 9.17) is 5.11 Å². The molecule has 1 aromatic carbocycles. The third-order valence-corrected chi connectivity index (χ3v) is 3.22. The molecular weight excluding hydrogens is 234 g/mol. The first-order valence-electron chi connectivity index (χ1n) is 5.82. The van der Waals surface area contributed by atoms with Gasteiger partial charge in [0.2, 0.25) is 0 Å². The summed E-state index contributed by atoms with van der Waals surface area (Å²) in [5.74, 6) is -1.72. The number of carboxylic acid groups (broad SMARTS) is 1. The van der Waals surface area contributed by atoms with Gasteiger partial charge in [-0.3, -0.25) is 9.59 Å². The minimum Gasteiger partial charge on any atom is -0.480 e. The Labute approximate surface area is 104 Å². The number of carbonyl (C=O) groups is 2. The van der Waals surface area contributed by atoms with Crippen LogP contribution in [0.4, 0.5) is 0 Å². The summed E-state index contributed by atoms with van der Waals surface area (Å²) in [5, 5.41) is 21.5. The van der Waals surface area contributed by atoms with Crippen molar-refractivity contribution in [3.63, 3.8) is 0 Å². The predicted molar refractivity (Wildman–Crippen MR) is 63.9 cm³/mol. The van der Waals surface area contributed by atoms with Crippen molar-refractivity contribution in [2.24, 2.45) is 5.92 Å². The quantitative estimate of drug-likeness (QED) is 0.717. The number of rotatable bonds is 4. The Kier molecular flexibility index (Phi) is 3.74. The van der Waals surface area contributed by atoms with E-state index in [1.807, 2.05) is 0 Å². The molecule has 0 bridgehead atoms. The van der Waals surface area contributed by atoms with Crippen molar-refractivity contribution in [1.29, 1.82) is 0 Å². The second kappa shape index (κ2) is 5.29. The third-order valence-electron chi connectivity index (χ3n) is 3.22. The fourth-order valence-corrected chi connectivity index (χ4v) is 2.16. The van der Waals surface area contributed by atoms with Crippen LogP contribution in [0.15, 0.2) is 30.3 Å². The Morgan fingerprint density at radius 2 is 1.94 bits per heavy atom. The summed E-state index contributed by atoms with van der Waals surface area (Å²) in [6, 6.07) is 7.97. The molecule has 0 spiro atoms. The second-order valence-corrected chi connectivity index (χ2v) is 4.45. The van der Waals surface area contributed by atoms with E-state index >= 15 is 0 Å². The van der Waals surface area contributed by atoms with Crippen LogP contribution < -0.4 is 5.32 Å². The van der Waals surface area contributed by atoms with Crippen LogP contribution in [0.1, 0.15) is 18.1 Å². The SMILES string of the molecule is O=C(O)C1CC(C(=O)[C@H](O)c2ccccc2)CN1. The van der Waals surface area contributed by atoms with Gasteiger partial charge in [-0.25, -0.2) is 0 Å². The van der Waals surface area contributed by atoms with E-state index < -0.39 is 24.0 Å². The molecule has 1 aliphatic rings. The van der Waals surface area contributed by atoms with Crippen LogP contribution in [0.2, 0.25) is 0 Å². The number of hydrogen-bond donors (Lipinski definition) is 3. The van der Waals surface area contributed by atoms with Crippen LogP contribution in [0.25, 0.3) is 0 Å². The highest BCUT2D eigenvalue weighted by molar-refractivity contribution is 5.88. The monoisotopic (exact) mass is 249 g/mol. The third kappa shape index (κ3) is 2.57. The largest absolute Gasteiger partial charge is 0.480 e. The topological polar surface area (TPSA) is 86.6 Å². The number of aliphatic hydroxyl groups is 1. The van der Waals surface area contributed by atoms with Crippen LogP contribution in [-0.2, 0) is 9.59 Å². The molecule has 5 heteroatoms. The number of Topliss-reactive ketones (excluding diaryl/α,β-unsaturated/α-hetero) is 1. The number of carboxylic acids is 1. The van der Waals surface area contributed by atoms with E-state index in [0.29, 0.717) is 12.1 Å². The van der Waals surface area contributed by atoms with E-state index in [0.717, 1.165) is 0 Å². The average Bonchev–Trinajstić information content (AvgIpc) is 2.88. The van der Waals surface area contributed by atoms with E-state index in [1.165, 1.54) is 0 Å². The summed E-state index contributed by atoms with van der Waals surface area (Å²) in [6.45, 7) is 0.305. The van der Waals surface area contributed by atoms with Crippen molar-refractivity contribution in [2.75, 3.05) is 6.54 Å². The van der Waals surface area contributed by atoms with Crippen molar-refractivity contribution in [2.45, 2.75) is 18.6 Å². The molecule has 0 amide bonds. The van der Waals surface area contributed by atoms with Gasteiger partial charge >= 0.3 is 5.97 Å². The van der Waals surface area contributed by atoms with Crippen molar-refractivity contribution in [1.82, 2.24) is 5.32 Å². The lowest BCUT2D eigenvalue weighted by Crippen LogP contribution is -2.30. The van der Waals surface area contributed by atoms with Gasteiger partial charge in [-0.15, -0.1) is 0 Å².